The Bertz CT molecular complexity index is 717. The molecule has 6 heteroatoms. The van der Waals surface area contributed by atoms with Crippen molar-refractivity contribution in [2.24, 2.45) is 0 Å². The van der Waals surface area contributed by atoms with E-state index in [0.717, 1.165) is 11.8 Å². The summed E-state index contributed by atoms with van der Waals surface area (Å²) in [7, 11) is -3.40. The molecule has 1 atom stereocenters. The maximum absolute atomic E-state index is 11.8. The molecule has 5 nitrogen and oxygen atoms in total. The van der Waals surface area contributed by atoms with Crippen molar-refractivity contribution in [1.82, 2.24) is 4.98 Å². The largest absolute Gasteiger partial charge is 0.394 e. The molecule has 0 amide bonds. The minimum atomic E-state index is -3.40. The molecule has 0 fully saturated rings. The SMILES string of the molecule is CC(CO)(Nc1ncccc1S(C)(=O)=O)c1ccccc1. The van der Waals surface area contributed by atoms with Gasteiger partial charge < -0.3 is 10.4 Å². The monoisotopic (exact) mass is 306 g/mol. The summed E-state index contributed by atoms with van der Waals surface area (Å²) in [5, 5.41) is 12.8. The van der Waals surface area contributed by atoms with Gasteiger partial charge in [-0.3, -0.25) is 0 Å². The number of benzene rings is 1. The van der Waals surface area contributed by atoms with E-state index in [1.807, 2.05) is 30.3 Å². The second-order valence-corrected chi connectivity index (χ2v) is 7.09. The molecule has 0 bridgehead atoms. The third-order valence-corrected chi connectivity index (χ3v) is 4.42. The fourth-order valence-corrected chi connectivity index (χ4v) is 2.83. The van der Waals surface area contributed by atoms with Crippen LogP contribution in [0.4, 0.5) is 5.82 Å². The Kier molecular flexibility index (Phi) is 4.29. The summed E-state index contributed by atoms with van der Waals surface area (Å²) in [5.41, 5.74) is 0.0207. The van der Waals surface area contributed by atoms with Crippen molar-refractivity contribution in [2.45, 2.75) is 17.4 Å². The Hall–Kier alpha value is -1.92. The third kappa shape index (κ3) is 3.40. The Morgan fingerprint density at radius 3 is 2.43 bits per heavy atom. The van der Waals surface area contributed by atoms with Crippen LogP contribution in [0.15, 0.2) is 53.6 Å². The zero-order chi connectivity index (χ0) is 15.5. The van der Waals surface area contributed by atoms with E-state index in [2.05, 4.69) is 10.3 Å². The van der Waals surface area contributed by atoms with E-state index in [-0.39, 0.29) is 17.3 Å². The first-order valence-electron chi connectivity index (χ1n) is 6.46. The Morgan fingerprint density at radius 2 is 1.86 bits per heavy atom. The number of hydrogen-bond donors (Lipinski definition) is 2. The van der Waals surface area contributed by atoms with Gasteiger partial charge in [-0.1, -0.05) is 30.3 Å². The lowest BCUT2D eigenvalue weighted by atomic mass is 9.93. The second kappa shape index (κ2) is 5.83. The Labute approximate surface area is 124 Å². The lowest BCUT2D eigenvalue weighted by molar-refractivity contribution is 0.223. The van der Waals surface area contributed by atoms with E-state index in [9.17, 15) is 13.5 Å². The van der Waals surface area contributed by atoms with Crippen molar-refractivity contribution in [3.05, 3.63) is 54.2 Å². The van der Waals surface area contributed by atoms with Crippen molar-refractivity contribution in [1.29, 1.82) is 0 Å². The van der Waals surface area contributed by atoms with Crippen molar-refractivity contribution in [3.63, 3.8) is 0 Å². The minimum absolute atomic E-state index is 0.112. The fourth-order valence-electron chi connectivity index (χ4n) is 2.05. The highest BCUT2D eigenvalue weighted by molar-refractivity contribution is 7.90. The van der Waals surface area contributed by atoms with Crippen molar-refractivity contribution >= 4 is 15.7 Å². The van der Waals surface area contributed by atoms with Crippen LogP contribution in [0, 0.1) is 0 Å². The summed E-state index contributed by atoms with van der Waals surface area (Å²) in [5.74, 6) is 0.236. The number of pyridine rings is 1. The zero-order valence-electron chi connectivity index (χ0n) is 11.9. The number of aliphatic hydroxyl groups excluding tert-OH is 1. The van der Waals surface area contributed by atoms with Crippen LogP contribution < -0.4 is 5.32 Å². The van der Waals surface area contributed by atoms with Crippen molar-refractivity contribution in [2.75, 3.05) is 18.2 Å². The van der Waals surface area contributed by atoms with E-state index in [4.69, 9.17) is 0 Å². The molecule has 2 aromatic rings. The van der Waals surface area contributed by atoms with E-state index in [1.54, 1.807) is 13.0 Å². The number of hydrogen-bond acceptors (Lipinski definition) is 5. The van der Waals surface area contributed by atoms with Gasteiger partial charge in [0.1, 0.15) is 10.7 Å². The molecule has 0 spiro atoms. The van der Waals surface area contributed by atoms with E-state index in [0.29, 0.717) is 0 Å². The normalized spacial score (nSPS) is 14.4. The van der Waals surface area contributed by atoms with Crippen LogP contribution in [0.5, 0.6) is 0 Å². The van der Waals surface area contributed by atoms with Crippen LogP contribution in [0.1, 0.15) is 12.5 Å². The van der Waals surface area contributed by atoms with Gasteiger partial charge in [0, 0.05) is 12.5 Å². The first-order valence-corrected chi connectivity index (χ1v) is 8.35. The van der Waals surface area contributed by atoms with Crippen molar-refractivity contribution < 1.29 is 13.5 Å². The van der Waals surface area contributed by atoms with Crippen LogP contribution in [0.2, 0.25) is 0 Å². The number of anilines is 1. The van der Waals surface area contributed by atoms with Gasteiger partial charge in [-0.25, -0.2) is 13.4 Å². The van der Waals surface area contributed by atoms with Crippen molar-refractivity contribution in [3.8, 4) is 0 Å². The molecule has 2 rings (SSSR count). The lowest BCUT2D eigenvalue weighted by Crippen LogP contribution is -2.36. The number of aliphatic hydroxyl groups is 1. The molecule has 0 aliphatic carbocycles. The number of aromatic nitrogens is 1. The standard InChI is InChI=1S/C15H18N2O3S/c1-15(11-18,12-7-4-3-5-8-12)17-14-13(21(2,19)20)9-6-10-16-14/h3-10,18H,11H2,1-2H3,(H,16,17). The molecular formula is C15H18N2O3S. The van der Waals surface area contributed by atoms with Gasteiger partial charge in [0.15, 0.2) is 9.84 Å². The first-order chi connectivity index (χ1) is 9.87. The summed E-state index contributed by atoms with van der Waals surface area (Å²) in [6, 6.07) is 12.4. The molecule has 21 heavy (non-hydrogen) atoms. The number of nitrogens with zero attached hydrogens (tertiary/aromatic N) is 1. The van der Waals surface area contributed by atoms with Gasteiger partial charge in [0.05, 0.1) is 12.1 Å². The molecular weight excluding hydrogens is 288 g/mol. The Morgan fingerprint density at radius 1 is 1.19 bits per heavy atom. The molecule has 1 unspecified atom stereocenters. The molecule has 1 heterocycles. The maximum Gasteiger partial charge on any atom is 0.179 e. The Balaban J connectivity index is 2.45. The molecule has 112 valence electrons. The predicted molar refractivity (Wildman–Crippen MR) is 81.8 cm³/mol. The molecule has 1 aromatic heterocycles. The predicted octanol–water partition coefficient (Wildman–Crippen LogP) is 1.80. The number of nitrogens with one attached hydrogen (secondary N) is 1. The molecule has 0 aliphatic heterocycles. The second-order valence-electron chi connectivity index (χ2n) is 5.10. The highest BCUT2D eigenvalue weighted by atomic mass is 32.2. The quantitative estimate of drug-likeness (QED) is 0.880. The van der Waals surface area contributed by atoms with Gasteiger partial charge in [-0.15, -0.1) is 0 Å². The number of rotatable bonds is 5. The van der Waals surface area contributed by atoms with Gasteiger partial charge >= 0.3 is 0 Å². The highest BCUT2D eigenvalue weighted by Crippen LogP contribution is 2.28. The van der Waals surface area contributed by atoms with E-state index in [1.165, 1.54) is 12.3 Å². The fraction of sp³-hybridized carbons (Fsp3) is 0.267. The summed E-state index contributed by atoms with van der Waals surface area (Å²) in [6.45, 7) is 1.60. The van der Waals surface area contributed by atoms with E-state index < -0.39 is 15.4 Å². The summed E-state index contributed by atoms with van der Waals surface area (Å²) >= 11 is 0. The van der Waals surface area contributed by atoms with Gasteiger partial charge in [-0.05, 0) is 24.6 Å². The molecule has 0 aliphatic rings. The smallest absolute Gasteiger partial charge is 0.179 e. The maximum atomic E-state index is 11.8. The third-order valence-electron chi connectivity index (χ3n) is 3.29. The van der Waals surface area contributed by atoms with Crippen LogP contribution in [-0.4, -0.2) is 31.4 Å². The molecule has 0 saturated carbocycles. The van der Waals surface area contributed by atoms with Crippen LogP contribution in [-0.2, 0) is 15.4 Å². The first kappa shape index (κ1) is 15.5. The van der Waals surface area contributed by atoms with Gasteiger partial charge in [0.25, 0.3) is 0 Å². The summed E-state index contributed by atoms with van der Waals surface area (Å²) < 4.78 is 23.6. The minimum Gasteiger partial charge on any atom is -0.394 e. The lowest BCUT2D eigenvalue weighted by Gasteiger charge is -2.30. The molecule has 2 N–H and O–H groups in total. The van der Waals surface area contributed by atoms with E-state index >= 15 is 0 Å². The van der Waals surface area contributed by atoms with Gasteiger partial charge in [0.2, 0.25) is 0 Å². The van der Waals surface area contributed by atoms with Crippen LogP contribution in [0.3, 0.4) is 0 Å². The zero-order valence-corrected chi connectivity index (χ0v) is 12.8. The summed E-state index contributed by atoms with van der Waals surface area (Å²) in [4.78, 5) is 4.21. The topological polar surface area (TPSA) is 79.3 Å². The average molecular weight is 306 g/mol. The van der Waals surface area contributed by atoms with Gasteiger partial charge in [-0.2, -0.15) is 0 Å². The molecule has 1 aromatic carbocycles. The summed E-state index contributed by atoms with van der Waals surface area (Å²) in [6.07, 6.45) is 2.65. The highest BCUT2D eigenvalue weighted by Gasteiger charge is 2.28. The van der Waals surface area contributed by atoms with Crippen LogP contribution in [0.25, 0.3) is 0 Å². The molecule has 0 radical (unpaired) electrons. The molecule has 0 saturated heterocycles. The average Bonchev–Trinajstić information content (AvgIpc) is 2.47. The van der Waals surface area contributed by atoms with Crippen LogP contribution >= 0.6 is 0 Å². The number of sulfone groups is 1.